The van der Waals surface area contributed by atoms with Crippen LogP contribution in [0.2, 0.25) is 5.02 Å². The predicted octanol–water partition coefficient (Wildman–Crippen LogP) is 3.71. The molecule has 1 aromatic heterocycles. The first-order chi connectivity index (χ1) is 10.6. The summed E-state index contributed by atoms with van der Waals surface area (Å²) < 4.78 is 14.9. The van der Waals surface area contributed by atoms with E-state index in [2.05, 4.69) is 0 Å². The summed E-state index contributed by atoms with van der Waals surface area (Å²) in [6.07, 6.45) is 0. The van der Waals surface area contributed by atoms with Gasteiger partial charge in [0.15, 0.2) is 0 Å². The highest BCUT2D eigenvalue weighted by molar-refractivity contribution is 6.36. The zero-order valence-corrected chi connectivity index (χ0v) is 12.1. The largest absolute Gasteiger partial charge is 0.303 e. The Balaban J connectivity index is 2.33. The minimum absolute atomic E-state index is 0.00804. The summed E-state index contributed by atoms with van der Waals surface area (Å²) in [5, 5.41) is 9.52. The van der Waals surface area contributed by atoms with Crippen molar-refractivity contribution in [1.29, 1.82) is 5.26 Å². The molecule has 0 atom stereocenters. The van der Waals surface area contributed by atoms with Gasteiger partial charge in [0, 0.05) is 5.39 Å². The maximum Gasteiger partial charge on any atom is 0.270 e. The van der Waals surface area contributed by atoms with Crippen LogP contribution in [-0.4, -0.2) is 4.57 Å². The molecule has 0 bridgehead atoms. The number of hydrogen-bond acceptors (Lipinski definition) is 2. The van der Waals surface area contributed by atoms with E-state index in [1.807, 2.05) is 36.4 Å². The predicted molar refractivity (Wildman–Crippen MR) is 83.4 cm³/mol. The highest BCUT2D eigenvalue weighted by Crippen LogP contribution is 2.26. The first-order valence-electron chi connectivity index (χ1n) is 6.57. The van der Waals surface area contributed by atoms with Crippen molar-refractivity contribution in [2.45, 2.75) is 6.54 Å². The molecule has 3 rings (SSSR count). The van der Waals surface area contributed by atoms with Gasteiger partial charge in [-0.05, 0) is 23.8 Å². The van der Waals surface area contributed by atoms with Gasteiger partial charge in [0.2, 0.25) is 0 Å². The average molecular weight is 313 g/mol. The summed E-state index contributed by atoms with van der Waals surface area (Å²) in [5.74, 6) is -0.469. The van der Waals surface area contributed by atoms with Crippen LogP contribution in [0.15, 0.2) is 53.3 Å². The molecule has 0 aliphatic heterocycles. The maximum atomic E-state index is 13.5. The second kappa shape index (κ2) is 5.63. The average Bonchev–Trinajstić information content (AvgIpc) is 2.53. The van der Waals surface area contributed by atoms with Crippen molar-refractivity contribution in [1.82, 2.24) is 4.57 Å². The fraction of sp³-hybridized carbons (Fsp3) is 0.0588. The third-order valence-electron chi connectivity index (χ3n) is 3.46. The molecule has 3 nitrogen and oxygen atoms in total. The van der Waals surface area contributed by atoms with Gasteiger partial charge in [0.25, 0.3) is 5.56 Å². The van der Waals surface area contributed by atoms with E-state index in [4.69, 9.17) is 11.6 Å². The molecule has 0 spiro atoms. The van der Waals surface area contributed by atoms with Gasteiger partial charge in [0.1, 0.15) is 17.4 Å². The van der Waals surface area contributed by atoms with Crippen LogP contribution >= 0.6 is 11.6 Å². The highest BCUT2D eigenvalue weighted by atomic mass is 35.5. The Bertz CT molecular complexity index is 958. The van der Waals surface area contributed by atoms with Gasteiger partial charge in [-0.3, -0.25) is 4.79 Å². The number of nitriles is 1. The molecule has 5 heteroatoms. The molecule has 1 heterocycles. The van der Waals surface area contributed by atoms with Crippen LogP contribution in [0.5, 0.6) is 0 Å². The van der Waals surface area contributed by atoms with Crippen molar-refractivity contribution in [2.24, 2.45) is 0 Å². The molecule has 0 radical (unpaired) electrons. The molecule has 3 aromatic rings. The summed E-state index contributed by atoms with van der Waals surface area (Å²) in [6, 6.07) is 15.2. The van der Waals surface area contributed by atoms with Crippen LogP contribution in [-0.2, 0) is 6.54 Å². The number of nitrogens with zero attached hydrogens (tertiary/aromatic N) is 2. The van der Waals surface area contributed by atoms with Gasteiger partial charge in [-0.25, -0.2) is 4.39 Å². The molecule has 22 heavy (non-hydrogen) atoms. The van der Waals surface area contributed by atoms with Crippen molar-refractivity contribution in [3.05, 3.63) is 80.9 Å². The van der Waals surface area contributed by atoms with E-state index < -0.39 is 11.4 Å². The zero-order chi connectivity index (χ0) is 15.7. The highest BCUT2D eigenvalue weighted by Gasteiger charge is 2.16. The number of benzene rings is 2. The van der Waals surface area contributed by atoms with Crippen LogP contribution in [0.25, 0.3) is 10.9 Å². The van der Waals surface area contributed by atoms with Gasteiger partial charge >= 0.3 is 0 Å². The number of aromatic nitrogens is 1. The van der Waals surface area contributed by atoms with E-state index in [9.17, 15) is 14.4 Å². The van der Waals surface area contributed by atoms with E-state index in [0.29, 0.717) is 10.9 Å². The number of halogens is 2. The van der Waals surface area contributed by atoms with Crippen molar-refractivity contribution in [3.63, 3.8) is 0 Å². The molecule has 108 valence electrons. The van der Waals surface area contributed by atoms with Gasteiger partial charge in [-0.1, -0.05) is 41.9 Å². The van der Waals surface area contributed by atoms with E-state index in [1.165, 1.54) is 22.8 Å². The van der Waals surface area contributed by atoms with Crippen molar-refractivity contribution >= 4 is 22.5 Å². The molecular weight excluding hydrogens is 303 g/mol. The lowest BCUT2D eigenvalue weighted by Gasteiger charge is -2.13. The van der Waals surface area contributed by atoms with E-state index in [-0.39, 0.29) is 17.1 Å². The minimum Gasteiger partial charge on any atom is -0.303 e. The Morgan fingerprint density at radius 2 is 1.91 bits per heavy atom. The third-order valence-corrected chi connectivity index (χ3v) is 3.85. The molecule has 0 fully saturated rings. The van der Waals surface area contributed by atoms with Crippen molar-refractivity contribution in [2.75, 3.05) is 0 Å². The molecule has 0 aliphatic carbocycles. The summed E-state index contributed by atoms with van der Waals surface area (Å²) in [5.41, 5.74) is 0.756. The summed E-state index contributed by atoms with van der Waals surface area (Å²) in [7, 11) is 0. The van der Waals surface area contributed by atoms with Crippen LogP contribution in [0, 0.1) is 17.1 Å². The van der Waals surface area contributed by atoms with Gasteiger partial charge < -0.3 is 4.57 Å². The topological polar surface area (TPSA) is 45.8 Å². The lowest BCUT2D eigenvalue weighted by atomic mass is 10.1. The van der Waals surface area contributed by atoms with Crippen LogP contribution in [0.1, 0.15) is 11.1 Å². The Morgan fingerprint density at radius 1 is 1.18 bits per heavy atom. The standard InChI is InChI=1S/C17H10ClFN2O/c18-16-13-8-12(19)6-7-15(13)21(17(22)14(16)9-20)10-11-4-2-1-3-5-11/h1-8H,10H2. The molecule has 0 unspecified atom stereocenters. The molecule has 0 amide bonds. The van der Waals surface area contributed by atoms with Crippen LogP contribution in [0.3, 0.4) is 0 Å². The van der Waals surface area contributed by atoms with Gasteiger partial charge in [0.05, 0.1) is 17.1 Å². The second-order valence-electron chi connectivity index (χ2n) is 4.84. The SMILES string of the molecule is N#Cc1c(Cl)c2cc(F)ccc2n(Cc2ccccc2)c1=O. The Hall–Kier alpha value is -2.64. The van der Waals surface area contributed by atoms with Crippen molar-refractivity contribution < 1.29 is 4.39 Å². The van der Waals surface area contributed by atoms with Crippen LogP contribution in [0.4, 0.5) is 4.39 Å². The van der Waals surface area contributed by atoms with Gasteiger partial charge in [-0.2, -0.15) is 5.26 Å². The third kappa shape index (κ3) is 2.36. The minimum atomic E-state index is -0.476. The van der Waals surface area contributed by atoms with E-state index in [1.54, 1.807) is 0 Å². The Kier molecular flexibility index (Phi) is 3.66. The number of rotatable bonds is 2. The number of pyridine rings is 1. The van der Waals surface area contributed by atoms with Crippen LogP contribution < -0.4 is 5.56 Å². The quantitative estimate of drug-likeness (QED) is 0.724. The number of fused-ring (bicyclic) bond motifs is 1. The molecule has 0 N–H and O–H groups in total. The van der Waals surface area contributed by atoms with E-state index in [0.717, 1.165) is 5.56 Å². The first kappa shape index (κ1) is 14.3. The fourth-order valence-corrected chi connectivity index (χ4v) is 2.69. The first-order valence-corrected chi connectivity index (χ1v) is 6.95. The lowest BCUT2D eigenvalue weighted by Crippen LogP contribution is -2.24. The smallest absolute Gasteiger partial charge is 0.270 e. The lowest BCUT2D eigenvalue weighted by molar-refractivity contribution is 0.629. The van der Waals surface area contributed by atoms with E-state index >= 15 is 0 Å². The molecular formula is C17H10ClFN2O. The van der Waals surface area contributed by atoms with Gasteiger partial charge in [-0.15, -0.1) is 0 Å². The monoisotopic (exact) mass is 312 g/mol. The zero-order valence-electron chi connectivity index (χ0n) is 11.4. The number of hydrogen-bond donors (Lipinski definition) is 0. The maximum absolute atomic E-state index is 13.5. The second-order valence-corrected chi connectivity index (χ2v) is 5.22. The normalized spacial score (nSPS) is 10.6. The summed E-state index contributed by atoms with van der Waals surface area (Å²) in [6.45, 7) is 0.285. The fourth-order valence-electron chi connectivity index (χ4n) is 2.41. The summed E-state index contributed by atoms with van der Waals surface area (Å²) >= 11 is 6.09. The Labute approximate surface area is 130 Å². The Morgan fingerprint density at radius 3 is 2.59 bits per heavy atom. The summed E-state index contributed by atoms with van der Waals surface area (Å²) in [4.78, 5) is 12.5. The van der Waals surface area contributed by atoms with Crippen molar-refractivity contribution in [3.8, 4) is 6.07 Å². The molecule has 0 aliphatic rings. The molecule has 0 saturated heterocycles. The molecule has 2 aromatic carbocycles. The molecule has 0 saturated carbocycles.